The summed E-state index contributed by atoms with van der Waals surface area (Å²) in [4.78, 5) is 5.19. The fourth-order valence-electron chi connectivity index (χ4n) is 3.00. The van der Waals surface area contributed by atoms with Crippen LogP contribution in [0.5, 0.6) is 0 Å². The van der Waals surface area contributed by atoms with Crippen LogP contribution in [0.4, 0.5) is 0 Å². The number of nitrogens with zero attached hydrogens (tertiary/aromatic N) is 2. The van der Waals surface area contributed by atoms with Crippen LogP contribution in [0.1, 0.15) is 52.4 Å². The van der Waals surface area contributed by atoms with Gasteiger partial charge in [-0.15, -0.1) is 0 Å². The van der Waals surface area contributed by atoms with Crippen molar-refractivity contribution >= 4 is 0 Å². The maximum absolute atomic E-state index is 3.61. The Morgan fingerprint density at radius 3 is 2.63 bits per heavy atom. The largest absolute Gasteiger partial charge is 0.315 e. The number of hydrogen-bond acceptors (Lipinski definition) is 3. The predicted octanol–water partition coefficient (Wildman–Crippen LogP) is 2.57. The number of unbranched alkanes of at least 4 members (excludes halogenated alkanes) is 3. The van der Waals surface area contributed by atoms with Crippen LogP contribution in [-0.4, -0.2) is 62.2 Å². The molecule has 0 radical (unpaired) electrons. The monoisotopic (exact) mass is 269 g/mol. The van der Waals surface area contributed by atoms with Gasteiger partial charge in [0.1, 0.15) is 0 Å². The molecule has 0 spiro atoms. The summed E-state index contributed by atoms with van der Waals surface area (Å²) in [6.07, 6.45) is 8.05. The minimum absolute atomic E-state index is 0.759. The maximum Gasteiger partial charge on any atom is 0.0220 e. The summed E-state index contributed by atoms with van der Waals surface area (Å²) in [7, 11) is 2.26. The van der Waals surface area contributed by atoms with Crippen molar-refractivity contribution in [3.05, 3.63) is 0 Å². The Bertz CT molecular complexity index is 208. The van der Waals surface area contributed by atoms with E-state index in [2.05, 4.69) is 36.0 Å². The van der Waals surface area contributed by atoms with E-state index in [-0.39, 0.29) is 0 Å². The van der Waals surface area contributed by atoms with Crippen LogP contribution < -0.4 is 5.32 Å². The van der Waals surface area contributed by atoms with Crippen LogP contribution in [0.3, 0.4) is 0 Å². The summed E-state index contributed by atoms with van der Waals surface area (Å²) in [6.45, 7) is 12.0. The lowest BCUT2D eigenvalue weighted by Crippen LogP contribution is -2.43. The highest BCUT2D eigenvalue weighted by Crippen LogP contribution is 2.11. The van der Waals surface area contributed by atoms with Gasteiger partial charge in [-0.05, 0) is 45.9 Å². The van der Waals surface area contributed by atoms with Crippen molar-refractivity contribution in [1.29, 1.82) is 0 Å². The highest BCUT2D eigenvalue weighted by Gasteiger charge is 2.20. The van der Waals surface area contributed by atoms with Gasteiger partial charge in [-0.2, -0.15) is 0 Å². The molecule has 1 heterocycles. The number of hydrogen-bond donors (Lipinski definition) is 1. The lowest BCUT2D eigenvalue weighted by Gasteiger charge is -2.30. The van der Waals surface area contributed by atoms with Gasteiger partial charge in [-0.3, -0.25) is 4.90 Å². The SMILES string of the molecule is CCCCCCNCCN1CCCN(C)CC1CC. The van der Waals surface area contributed by atoms with E-state index in [9.17, 15) is 0 Å². The van der Waals surface area contributed by atoms with E-state index in [1.807, 2.05) is 0 Å². The Hall–Kier alpha value is -0.120. The number of likely N-dealkylation sites (N-methyl/N-ethyl adjacent to an activating group) is 1. The van der Waals surface area contributed by atoms with Gasteiger partial charge in [0, 0.05) is 25.7 Å². The zero-order valence-corrected chi connectivity index (χ0v) is 13.5. The quantitative estimate of drug-likeness (QED) is 0.649. The minimum Gasteiger partial charge on any atom is -0.315 e. The fourth-order valence-corrected chi connectivity index (χ4v) is 3.00. The molecule has 1 atom stereocenters. The molecule has 114 valence electrons. The van der Waals surface area contributed by atoms with E-state index < -0.39 is 0 Å². The van der Waals surface area contributed by atoms with Gasteiger partial charge in [0.25, 0.3) is 0 Å². The summed E-state index contributed by atoms with van der Waals surface area (Å²) >= 11 is 0. The maximum atomic E-state index is 3.61. The number of rotatable bonds is 9. The normalized spacial score (nSPS) is 22.6. The Morgan fingerprint density at radius 1 is 1.05 bits per heavy atom. The molecule has 3 nitrogen and oxygen atoms in total. The second kappa shape index (κ2) is 10.6. The highest BCUT2D eigenvalue weighted by molar-refractivity contribution is 4.78. The van der Waals surface area contributed by atoms with Crippen LogP contribution in [0, 0.1) is 0 Å². The van der Waals surface area contributed by atoms with Gasteiger partial charge in [0.2, 0.25) is 0 Å². The lowest BCUT2D eigenvalue weighted by molar-refractivity contribution is 0.184. The van der Waals surface area contributed by atoms with Gasteiger partial charge in [-0.25, -0.2) is 0 Å². The van der Waals surface area contributed by atoms with Crippen LogP contribution in [0.25, 0.3) is 0 Å². The van der Waals surface area contributed by atoms with Crippen molar-refractivity contribution in [1.82, 2.24) is 15.1 Å². The summed E-state index contributed by atoms with van der Waals surface area (Å²) < 4.78 is 0. The molecule has 0 saturated carbocycles. The zero-order chi connectivity index (χ0) is 13.9. The molecule has 3 heteroatoms. The zero-order valence-electron chi connectivity index (χ0n) is 13.5. The third kappa shape index (κ3) is 7.28. The van der Waals surface area contributed by atoms with Crippen LogP contribution in [0.15, 0.2) is 0 Å². The molecule has 1 aliphatic rings. The van der Waals surface area contributed by atoms with Crippen LogP contribution >= 0.6 is 0 Å². The van der Waals surface area contributed by atoms with E-state index in [1.165, 1.54) is 71.2 Å². The second-order valence-corrected chi connectivity index (χ2v) is 6.02. The molecule has 0 aromatic carbocycles. The summed E-state index contributed by atoms with van der Waals surface area (Å²) in [5, 5.41) is 3.61. The fraction of sp³-hybridized carbons (Fsp3) is 1.00. The lowest BCUT2D eigenvalue weighted by atomic mass is 10.2. The van der Waals surface area contributed by atoms with Crippen molar-refractivity contribution in [2.75, 3.05) is 46.3 Å². The molecule has 1 N–H and O–H groups in total. The average molecular weight is 269 g/mol. The molecular formula is C16H35N3. The van der Waals surface area contributed by atoms with Gasteiger partial charge in [-0.1, -0.05) is 33.1 Å². The highest BCUT2D eigenvalue weighted by atomic mass is 15.2. The van der Waals surface area contributed by atoms with Gasteiger partial charge < -0.3 is 10.2 Å². The molecular weight excluding hydrogens is 234 g/mol. The van der Waals surface area contributed by atoms with Crippen molar-refractivity contribution in [3.63, 3.8) is 0 Å². The first-order valence-corrected chi connectivity index (χ1v) is 8.41. The van der Waals surface area contributed by atoms with Gasteiger partial charge in [0.15, 0.2) is 0 Å². The molecule has 1 rings (SSSR count). The molecule has 0 amide bonds. The Morgan fingerprint density at radius 2 is 1.89 bits per heavy atom. The van der Waals surface area contributed by atoms with E-state index in [0.717, 1.165) is 12.6 Å². The van der Waals surface area contributed by atoms with E-state index in [0.29, 0.717) is 0 Å². The molecule has 0 aromatic rings. The van der Waals surface area contributed by atoms with E-state index in [1.54, 1.807) is 0 Å². The van der Waals surface area contributed by atoms with Crippen LogP contribution in [0.2, 0.25) is 0 Å². The molecule has 1 saturated heterocycles. The van der Waals surface area contributed by atoms with E-state index in [4.69, 9.17) is 0 Å². The molecule has 0 aliphatic carbocycles. The van der Waals surface area contributed by atoms with Crippen molar-refractivity contribution in [2.45, 2.75) is 58.4 Å². The van der Waals surface area contributed by atoms with E-state index >= 15 is 0 Å². The Kier molecular flexibility index (Phi) is 9.48. The molecule has 0 aromatic heterocycles. The molecule has 0 bridgehead atoms. The Labute approximate surface area is 120 Å². The first-order valence-electron chi connectivity index (χ1n) is 8.41. The molecule has 1 aliphatic heterocycles. The topological polar surface area (TPSA) is 18.5 Å². The van der Waals surface area contributed by atoms with Crippen molar-refractivity contribution in [3.8, 4) is 0 Å². The first kappa shape index (κ1) is 16.9. The molecule has 1 unspecified atom stereocenters. The summed E-state index contributed by atoms with van der Waals surface area (Å²) in [5.41, 5.74) is 0. The average Bonchev–Trinajstić information content (AvgIpc) is 2.59. The van der Waals surface area contributed by atoms with Crippen molar-refractivity contribution < 1.29 is 0 Å². The summed E-state index contributed by atoms with van der Waals surface area (Å²) in [5.74, 6) is 0. The number of nitrogens with one attached hydrogen (secondary N) is 1. The van der Waals surface area contributed by atoms with Gasteiger partial charge in [0.05, 0.1) is 0 Å². The standard InChI is InChI=1S/C16H35N3/c1-4-6-7-8-10-17-11-14-19-13-9-12-18(3)15-16(19)5-2/h16-17H,4-15H2,1-3H3. The minimum atomic E-state index is 0.759. The van der Waals surface area contributed by atoms with Gasteiger partial charge >= 0.3 is 0 Å². The molecule has 1 fully saturated rings. The first-order chi connectivity index (χ1) is 9.27. The van der Waals surface area contributed by atoms with Crippen LogP contribution in [-0.2, 0) is 0 Å². The third-order valence-electron chi connectivity index (χ3n) is 4.28. The second-order valence-electron chi connectivity index (χ2n) is 6.02. The third-order valence-corrected chi connectivity index (χ3v) is 4.28. The van der Waals surface area contributed by atoms with Crippen molar-refractivity contribution in [2.24, 2.45) is 0 Å². The summed E-state index contributed by atoms with van der Waals surface area (Å²) in [6, 6.07) is 0.759. The molecule has 19 heavy (non-hydrogen) atoms. The predicted molar refractivity (Wildman–Crippen MR) is 84.8 cm³/mol. The Balaban J connectivity index is 2.12. The smallest absolute Gasteiger partial charge is 0.0220 e.